The largest absolute Gasteiger partial charge is 0.481 e. The van der Waals surface area contributed by atoms with Crippen molar-refractivity contribution in [1.29, 1.82) is 5.26 Å². The van der Waals surface area contributed by atoms with Gasteiger partial charge in [-0.3, -0.25) is 0 Å². The molecule has 0 fully saturated rings. The van der Waals surface area contributed by atoms with Crippen LogP contribution in [0, 0.1) is 25.2 Å². The number of aromatic nitrogens is 3. The highest BCUT2D eigenvalue weighted by atomic mass is 16.5. The van der Waals surface area contributed by atoms with Gasteiger partial charge in [-0.15, -0.1) is 5.10 Å². The third-order valence-electron chi connectivity index (χ3n) is 3.03. The Morgan fingerprint density at radius 1 is 1.30 bits per heavy atom. The Kier molecular flexibility index (Phi) is 4.11. The van der Waals surface area contributed by atoms with Crippen LogP contribution < -0.4 is 10.1 Å². The number of nitrogens with one attached hydrogen (secondary N) is 1. The van der Waals surface area contributed by atoms with Crippen LogP contribution in [0.5, 0.6) is 5.88 Å². The van der Waals surface area contributed by atoms with Gasteiger partial charge in [-0.05, 0) is 25.0 Å². The minimum Gasteiger partial charge on any atom is -0.481 e. The van der Waals surface area contributed by atoms with Crippen LogP contribution in [0.25, 0.3) is 0 Å². The first-order chi connectivity index (χ1) is 9.65. The van der Waals surface area contributed by atoms with Gasteiger partial charge in [0.15, 0.2) is 5.82 Å². The summed E-state index contributed by atoms with van der Waals surface area (Å²) in [6.07, 6.45) is 1.71. The Morgan fingerprint density at radius 3 is 2.70 bits per heavy atom. The van der Waals surface area contributed by atoms with Crippen LogP contribution in [-0.2, 0) is 6.54 Å². The molecule has 1 N–H and O–H groups in total. The van der Waals surface area contributed by atoms with Crippen molar-refractivity contribution in [2.75, 3.05) is 12.4 Å². The molecule has 2 heterocycles. The molecule has 0 aromatic carbocycles. The number of pyridine rings is 1. The Labute approximate surface area is 117 Å². The van der Waals surface area contributed by atoms with Crippen LogP contribution in [0.1, 0.15) is 22.4 Å². The van der Waals surface area contributed by atoms with Gasteiger partial charge >= 0.3 is 0 Å². The minimum atomic E-state index is 0.492. The summed E-state index contributed by atoms with van der Waals surface area (Å²) in [5.41, 5.74) is 3.10. The third-order valence-corrected chi connectivity index (χ3v) is 3.03. The third kappa shape index (κ3) is 2.83. The summed E-state index contributed by atoms with van der Waals surface area (Å²) in [7, 11) is 1.57. The molecule has 2 aromatic rings. The van der Waals surface area contributed by atoms with Crippen LogP contribution in [0.15, 0.2) is 18.3 Å². The summed E-state index contributed by atoms with van der Waals surface area (Å²) >= 11 is 0. The minimum absolute atomic E-state index is 0.492. The summed E-state index contributed by atoms with van der Waals surface area (Å²) in [6.45, 7) is 4.21. The molecule has 20 heavy (non-hydrogen) atoms. The highest BCUT2D eigenvalue weighted by Crippen LogP contribution is 2.18. The second-order valence-corrected chi connectivity index (χ2v) is 4.31. The van der Waals surface area contributed by atoms with Gasteiger partial charge in [0.25, 0.3) is 0 Å². The number of hydrogen-bond acceptors (Lipinski definition) is 6. The molecule has 2 rings (SSSR count). The zero-order valence-electron chi connectivity index (χ0n) is 11.6. The second kappa shape index (κ2) is 5.97. The van der Waals surface area contributed by atoms with Crippen molar-refractivity contribution in [3.63, 3.8) is 0 Å². The van der Waals surface area contributed by atoms with Crippen LogP contribution in [0.4, 0.5) is 5.82 Å². The van der Waals surface area contributed by atoms with Crippen molar-refractivity contribution in [3.05, 3.63) is 40.7 Å². The zero-order chi connectivity index (χ0) is 14.5. The van der Waals surface area contributed by atoms with E-state index < -0.39 is 0 Å². The fourth-order valence-electron chi connectivity index (χ4n) is 1.69. The normalized spacial score (nSPS) is 9.90. The average molecular weight is 269 g/mol. The van der Waals surface area contributed by atoms with Gasteiger partial charge < -0.3 is 10.1 Å². The van der Waals surface area contributed by atoms with Crippen molar-refractivity contribution >= 4 is 5.82 Å². The van der Waals surface area contributed by atoms with Gasteiger partial charge in [-0.1, -0.05) is 6.07 Å². The predicted octanol–water partition coefficient (Wildman–Crippen LogP) is 1.98. The van der Waals surface area contributed by atoms with Crippen LogP contribution in [0.3, 0.4) is 0 Å². The smallest absolute Gasteiger partial charge is 0.212 e. The fourth-order valence-corrected chi connectivity index (χ4v) is 1.69. The molecule has 0 atom stereocenters. The van der Waals surface area contributed by atoms with E-state index in [0.717, 1.165) is 16.8 Å². The summed E-state index contributed by atoms with van der Waals surface area (Å²) < 4.78 is 5.00. The van der Waals surface area contributed by atoms with E-state index in [0.29, 0.717) is 23.8 Å². The molecule has 0 saturated heterocycles. The van der Waals surface area contributed by atoms with E-state index in [4.69, 9.17) is 4.74 Å². The van der Waals surface area contributed by atoms with Gasteiger partial charge in [0, 0.05) is 18.8 Å². The lowest BCUT2D eigenvalue weighted by Crippen LogP contribution is -2.07. The van der Waals surface area contributed by atoms with Crippen LogP contribution >= 0.6 is 0 Å². The molecule has 0 spiro atoms. The second-order valence-electron chi connectivity index (χ2n) is 4.31. The number of anilines is 1. The first-order valence-electron chi connectivity index (χ1n) is 6.12. The van der Waals surface area contributed by atoms with Crippen molar-refractivity contribution in [1.82, 2.24) is 15.2 Å². The van der Waals surface area contributed by atoms with Crippen molar-refractivity contribution in [2.24, 2.45) is 0 Å². The molecular formula is C14H15N5O. The van der Waals surface area contributed by atoms with Gasteiger partial charge in [-0.25, -0.2) is 4.98 Å². The maximum Gasteiger partial charge on any atom is 0.212 e. The van der Waals surface area contributed by atoms with E-state index in [1.165, 1.54) is 0 Å². The molecule has 6 nitrogen and oxygen atoms in total. The molecule has 0 unspecified atom stereocenters. The number of nitriles is 1. The van der Waals surface area contributed by atoms with Crippen LogP contribution in [-0.4, -0.2) is 22.3 Å². The molecule has 0 amide bonds. The molecule has 0 radical (unpaired) electrons. The van der Waals surface area contributed by atoms with Gasteiger partial charge in [0.2, 0.25) is 5.88 Å². The van der Waals surface area contributed by atoms with Crippen LogP contribution in [0.2, 0.25) is 0 Å². The van der Waals surface area contributed by atoms with E-state index in [1.807, 2.05) is 19.9 Å². The van der Waals surface area contributed by atoms with E-state index in [-0.39, 0.29) is 0 Å². The van der Waals surface area contributed by atoms with Gasteiger partial charge in [0.05, 0.1) is 12.8 Å². The van der Waals surface area contributed by atoms with Gasteiger partial charge in [0.1, 0.15) is 11.6 Å². The van der Waals surface area contributed by atoms with Crippen molar-refractivity contribution in [3.8, 4) is 11.9 Å². The number of hydrogen-bond donors (Lipinski definition) is 1. The van der Waals surface area contributed by atoms with E-state index in [2.05, 4.69) is 26.6 Å². The maximum absolute atomic E-state index is 9.20. The summed E-state index contributed by atoms with van der Waals surface area (Å²) in [5.74, 6) is 1.06. The standard InChI is InChI=1S/C14H15N5O/c1-9-10(2)18-19-14(12(9)6-15)17-8-11-4-5-13(20-3)16-7-11/h4-5,7H,8H2,1-3H3,(H,17,19). The van der Waals surface area contributed by atoms with Crippen molar-refractivity contribution < 1.29 is 4.74 Å². The van der Waals surface area contributed by atoms with Gasteiger partial charge in [-0.2, -0.15) is 10.4 Å². The molecule has 2 aromatic heterocycles. The average Bonchev–Trinajstić information content (AvgIpc) is 2.49. The lowest BCUT2D eigenvalue weighted by molar-refractivity contribution is 0.397. The summed E-state index contributed by atoms with van der Waals surface area (Å²) in [4.78, 5) is 4.12. The molecule has 6 heteroatoms. The fraction of sp³-hybridized carbons (Fsp3) is 0.286. The topological polar surface area (TPSA) is 83.7 Å². The molecule has 0 aliphatic rings. The van der Waals surface area contributed by atoms with Crippen molar-refractivity contribution in [2.45, 2.75) is 20.4 Å². The SMILES string of the molecule is COc1ccc(CNc2nnc(C)c(C)c2C#N)cn1. The molecule has 0 aliphatic heterocycles. The summed E-state index contributed by atoms with van der Waals surface area (Å²) in [5, 5.41) is 20.4. The molecule has 102 valence electrons. The number of nitrogens with zero attached hydrogens (tertiary/aromatic N) is 4. The lowest BCUT2D eigenvalue weighted by Gasteiger charge is -2.09. The maximum atomic E-state index is 9.20. The number of ether oxygens (including phenoxy) is 1. The number of aryl methyl sites for hydroxylation is 1. The zero-order valence-corrected chi connectivity index (χ0v) is 11.6. The predicted molar refractivity (Wildman–Crippen MR) is 74.3 cm³/mol. The Hall–Kier alpha value is -2.68. The van der Waals surface area contributed by atoms with E-state index in [9.17, 15) is 5.26 Å². The van der Waals surface area contributed by atoms with E-state index in [1.54, 1.807) is 19.4 Å². The first kappa shape index (κ1) is 13.7. The first-order valence-corrected chi connectivity index (χ1v) is 6.12. The summed E-state index contributed by atoms with van der Waals surface area (Å²) in [6, 6.07) is 5.85. The molecule has 0 saturated carbocycles. The molecule has 0 aliphatic carbocycles. The highest BCUT2D eigenvalue weighted by molar-refractivity contribution is 5.55. The number of rotatable bonds is 4. The quantitative estimate of drug-likeness (QED) is 0.913. The molecular weight excluding hydrogens is 254 g/mol. The highest BCUT2D eigenvalue weighted by Gasteiger charge is 2.10. The monoisotopic (exact) mass is 269 g/mol. The number of methoxy groups -OCH3 is 1. The Balaban J connectivity index is 2.14. The Bertz CT molecular complexity index is 646. The lowest BCUT2D eigenvalue weighted by atomic mass is 10.1. The Morgan fingerprint density at radius 2 is 2.10 bits per heavy atom. The van der Waals surface area contributed by atoms with E-state index >= 15 is 0 Å². The molecule has 0 bridgehead atoms.